The Labute approximate surface area is 105 Å². The summed E-state index contributed by atoms with van der Waals surface area (Å²) in [6.07, 6.45) is -2.70. The van der Waals surface area contributed by atoms with Crippen molar-refractivity contribution in [3.63, 3.8) is 0 Å². The van der Waals surface area contributed by atoms with Crippen molar-refractivity contribution >= 4 is 11.6 Å². The molecule has 0 aromatic carbocycles. The molecule has 0 saturated heterocycles. The Morgan fingerprint density at radius 2 is 1.72 bits per heavy atom. The molecule has 0 saturated carbocycles. The van der Waals surface area contributed by atoms with E-state index in [4.69, 9.17) is 5.73 Å². The van der Waals surface area contributed by atoms with Gasteiger partial charge in [-0.2, -0.15) is 13.2 Å². The summed E-state index contributed by atoms with van der Waals surface area (Å²) in [6.45, 7) is 5.28. The van der Waals surface area contributed by atoms with Gasteiger partial charge in [0.05, 0.1) is 5.56 Å². The van der Waals surface area contributed by atoms with E-state index in [1.54, 1.807) is 0 Å². The molecule has 3 nitrogen and oxygen atoms in total. The van der Waals surface area contributed by atoms with Crippen LogP contribution in [0.2, 0.25) is 0 Å². The average molecular weight is 261 g/mol. The van der Waals surface area contributed by atoms with Gasteiger partial charge in [-0.05, 0) is 25.0 Å². The zero-order valence-corrected chi connectivity index (χ0v) is 10.6. The van der Waals surface area contributed by atoms with Crippen molar-refractivity contribution in [2.24, 2.45) is 0 Å². The number of halogens is 3. The van der Waals surface area contributed by atoms with Crippen molar-refractivity contribution < 1.29 is 13.2 Å². The number of anilines is 2. The molecule has 0 amide bonds. The molecule has 0 aliphatic carbocycles. The first-order valence-electron chi connectivity index (χ1n) is 5.98. The summed E-state index contributed by atoms with van der Waals surface area (Å²) in [4.78, 5) is 5.81. The van der Waals surface area contributed by atoms with Crippen LogP contribution in [0.25, 0.3) is 0 Å². The lowest BCUT2D eigenvalue weighted by Crippen LogP contribution is -2.26. The monoisotopic (exact) mass is 261 g/mol. The van der Waals surface area contributed by atoms with E-state index in [9.17, 15) is 13.2 Å². The highest BCUT2D eigenvalue weighted by Gasteiger charge is 2.31. The van der Waals surface area contributed by atoms with E-state index >= 15 is 0 Å². The number of hydrogen-bond donors (Lipinski definition) is 1. The van der Waals surface area contributed by atoms with E-state index in [0.717, 1.165) is 25.0 Å². The highest BCUT2D eigenvalue weighted by molar-refractivity contribution is 5.49. The Kier molecular flexibility index (Phi) is 4.81. The average Bonchev–Trinajstić information content (AvgIpc) is 2.27. The van der Waals surface area contributed by atoms with Crippen LogP contribution in [0.4, 0.5) is 24.8 Å². The molecule has 1 heterocycles. The number of nitrogen functional groups attached to an aromatic ring is 1. The number of aromatic nitrogens is 1. The number of alkyl halides is 3. The molecule has 102 valence electrons. The third kappa shape index (κ3) is 3.78. The van der Waals surface area contributed by atoms with Gasteiger partial charge < -0.3 is 10.6 Å². The fraction of sp³-hybridized carbons (Fsp3) is 0.583. The maximum atomic E-state index is 12.7. The van der Waals surface area contributed by atoms with Crippen molar-refractivity contribution in [2.45, 2.75) is 32.9 Å². The second kappa shape index (κ2) is 5.93. The van der Waals surface area contributed by atoms with Crippen LogP contribution in [0, 0.1) is 0 Å². The molecule has 6 heteroatoms. The molecule has 0 atom stereocenters. The number of pyridine rings is 1. The number of hydrogen-bond acceptors (Lipinski definition) is 3. The standard InChI is InChI=1S/C12H18F3N3/c1-3-5-18(6-4-2)11-8-9(12(13,14)15)7-10(16)17-11/h7-8H,3-6H2,1-2H3,(H2,16,17). The van der Waals surface area contributed by atoms with Gasteiger partial charge in [-0.1, -0.05) is 13.8 Å². The van der Waals surface area contributed by atoms with Crippen LogP contribution in [0.1, 0.15) is 32.3 Å². The lowest BCUT2D eigenvalue weighted by atomic mass is 10.2. The summed E-state index contributed by atoms with van der Waals surface area (Å²) in [6, 6.07) is 1.92. The molecular weight excluding hydrogens is 243 g/mol. The third-order valence-corrected chi connectivity index (χ3v) is 2.47. The highest BCUT2D eigenvalue weighted by atomic mass is 19.4. The van der Waals surface area contributed by atoms with Crippen LogP contribution in [0.5, 0.6) is 0 Å². The highest BCUT2D eigenvalue weighted by Crippen LogP contribution is 2.32. The van der Waals surface area contributed by atoms with E-state index in [1.807, 2.05) is 18.7 Å². The summed E-state index contributed by atoms with van der Waals surface area (Å²) in [7, 11) is 0. The van der Waals surface area contributed by atoms with Gasteiger partial charge in [0.1, 0.15) is 11.6 Å². The van der Waals surface area contributed by atoms with Gasteiger partial charge in [0.25, 0.3) is 0 Å². The van der Waals surface area contributed by atoms with Crippen LogP contribution in [0.3, 0.4) is 0 Å². The molecule has 0 spiro atoms. The first-order valence-corrected chi connectivity index (χ1v) is 5.98. The minimum absolute atomic E-state index is 0.1000. The Morgan fingerprint density at radius 1 is 1.17 bits per heavy atom. The Balaban J connectivity index is 3.10. The van der Waals surface area contributed by atoms with Crippen LogP contribution in [-0.2, 0) is 6.18 Å². The van der Waals surface area contributed by atoms with Crippen LogP contribution >= 0.6 is 0 Å². The smallest absolute Gasteiger partial charge is 0.384 e. The molecule has 1 rings (SSSR count). The first-order chi connectivity index (χ1) is 8.38. The molecular formula is C12H18F3N3. The normalized spacial score (nSPS) is 11.6. The minimum Gasteiger partial charge on any atom is -0.384 e. The van der Waals surface area contributed by atoms with Gasteiger partial charge in [-0.25, -0.2) is 4.98 Å². The number of nitrogens with zero attached hydrogens (tertiary/aromatic N) is 2. The predicted octanol–water partition coefficient (Wildman–Crippen LogP) is 3.31. The fourth-order valence-electron chi connectivity index (χ4n) is 1.74. The SMILES string of the molecule is CCCN(CCC)c1cc(C(F)(F)F)cc(N)n1. The summed E-state index contributed by atoms with van der Waals surface area (Å²) in [5, 5.41) is 0. The Bertz CT molecular complexity index is 385. The lowest BCUT2D eigenvalue weighted by Gasteiger charge is -2.23. The molecule has 1 aromatic heterocycles. The number of nitrogens with two attached hydrogens (primary N) is 1. The summed E-state index contributed by atoms with van der Waals surface area (Å²) in [5.74, 6) is 0.197. The minimum atomic E-state index is -4.39. The Hall–Kier alpha value is -1.46. The largest absolute Gasteiger partial charge is 0.416 e. The summed E-state index contributed by atoms with van der Waals surface area (Å²) in [5.41, 5.74) is 4.70. The Morgan fingerprint density at radius 3 is 2.17 bits per heavy atom. The lowest BCUT2D eigenvalue weighted by molar-refractivity contribution is -0.137. The quantitative estimate of drug-likeness (QED) is 0.884. The van der Waals surface area contributed by atoms with Gasteiger partial charge in [0, 0.05) is 13.1 Å². The van der Waals surface area contributed by atoms with Gasteiger partial charge in [-0.15, -0.1) is 0 Å². The van der Waals surface area contributed by atoms with E-state index in [2.05, 4.69) is 4.98 Å². The van der Waals surface area contributed by atoms with Crippen molar-refractivity contribution in [2.75, 3.05) is 23.7 Å². The van der Waals surface area contributed by atoms with Gasteiger partial charge in [0.2, 0.25) is 0 Å². The van der Waals surface area contributed by atoms with Crippen LogP contribution in [-0.4, -0.2) is 18.1 Å². The molecule has 0 unspecified atom stereocenters. The molecule has 0 bridgehead atoms. The second-order valence-corrected chi connectivity index (χ2v) is 4.12. The number of rotatable bonds is 5. The van der Waals surface area contributed by atoms with Gasteiger partial charge in [-0.3, -0.25) is 0 Å². The fourth-order valence-corrected chi connectivity index (χ4v) is 1.74. The second-order valence-electron chi connectivity index (χ2n) is 4.12. The maximum absolute atomic E-state index is 12.7. The molecule has 0 aliphatic rings. The van der Waals surface area contributed by atoms with Crippen LogP contribution < -0.4 is 10.6 Å². The van der Waals surface area contributed by atoms with E-state index < -0.39 is 11.7 Å². The maximum Gasteiger partial charge on any atom is 0.416 e. The topological polar surface area (TPSA) is 42.1 Å². The van der Waals surface area contributed by atoms with E-state index in [0.29, 0.717) is 18.9 Å². The summed E-state index contributed by atoms with van der Waals surface area (Å²) >= 11 is 0. The molecule has 0 fully saturated rings. The molecule has 1 aromatic rings. The molecule has 2 N–H and O–H groups in total. The van der Waals surface area contributed by atoms with Crippen molar-refractivity contribution in [3.05, 3.63) is 17.7 Å². The molecule has 0 radical (unpaired) electrons. The predicted molar refractivity (Wildman–Crippen MR) is 66.4 cm³/mol. The zero-order valence-electron chi connectivity index (χ0n) is 10.6. The molecule has 18 heavy (non-hydrogen) atoms. The molecule has 0 aliphatic heterocycles. The van der Waals surface area contributed by atoms with Crippen LogP contribution in [0.15, 0.2) is 12.1 Å². The van der Waals surface area contributed by atoms with Crippen molar-refractivity contribution in [1.29, 1.82) is 0 Å². The van der Waals surface area contributed by atoms with Gasteiger partial charge >= 0.3 is 6.18 Å². The third-order valence-electron chi connectivity index (χ3n) is 2.47. The zero-order chi connectivity index (χ0) is 13.8. The van der Waals surface area contributed by atoms with Gasteiger partial charge in [0.15, 0.2) is 0 Å². The van der Waals surface area contributed by atoms with Crippen molar-refractivity contribution in [3.8, 4) is 0 Å². The van der Waals surface area contributed by atoms with E-state index in [1.165, 1.54) is 0 Å². The summed E-state index contributed by atoms with van der Waals surface area (Å²) < 4.78 is 38.0. The first kappa shape index (κ1) is 14.6. The van der Waals surface area contributed by atoms with Crippen molar-refractivity contribution in [1.82, 2.24) is 4.98 Å². The van der Waals surface area contributed by atoms with E-state index in [-0.39, 0.29) is 5.82 Å².